The number of nitrogens with zero attached hydrogens (tertiary/aromatic N) is 1. The molecule has 1 rings (SSSR count). The normalized spacial score (nSPS) is 10.0. The van der Waals surface area contributed by atoms with Crippen molar-refractivity contribution in [1.82, 2.24) is 4.90 Å². The first-order valence-corrected chi connectivity index (χ1v) is 5.69. The summed E-state index contributed by atoms with van der Waals surface area (Å²) in [5, 5.41) is 0. The quantitative estimate of drug-likeness (QED) is 0.533. The summed E-state index contributed by atoms with van der Waals surface area (Å²) in [6, 6.07) is 6.43. The van der Waals surface area contributed by atoms with Gasteiger partial charge in [0.2, 0.25) is 0 Å². The molecule has 0 unspecified atom stereocenters. The molecule has 76 valence electrons. The molecule has 0 heterocycles. The fourth-order valence-corrected chi connectivity index (χ4v) is 2.10. The standard InChI is InChI=1S/C11H15NS2/c1-8-5-6-10(9(2)7-8)14-11(13)12(3)4/h5-7H,1-4H3. The Kier molecular flexibility index (Phi) is 3.96. The Morgan fingerprint density at radius 1 is 1.29 bits per heavy atom. The molecule has 0 bridgehead atoms. The third-order valence-corrected chi connectivity index (χ3v) is 3.73. The van der Waals surface area contributed by atoms with E-state index in [1.165, 1.54) is 16.0 Å². The number of thioether (sulfide) groups is 1. The van der Waals surface area contributed by atoms with E-state index in [-0.39, 0.29) is 0 Å². The largest absolute Gasteiger partial charge is 0.363 e. The van der Waals surface area contributed by atoms with Gasteiger partial charge in [0.1, 0.15) is 4.32 Å². The van der Waals surface area contributed by atoms with Crippen molar-refractivity contribution >= 4 is 28.3 Å². The summed E-state index contributed by atoms with van der Waals surface area (Å²) in [5.41, 5.74) is 2.59. The summed E-state index contributed by atoms with van der Waals surface area (Å²) >= 11 is 6.89. The predicted molar refractivity (Wildman–Crippen MR) is 68.1 cm³/mol. The lowest BCUT2D eigenvalue weighted by molar-refractivity contribution is 0.648. The minimum atomic E-state index is 0.900. The highest BCUT2D eigenvalue weighted by Gasteiger charge is 2.04. The number of aryl methyl sites for hydroxylation is 2. The molecular formula is C11H15NS2. The van der Waals surface area contributed by atoms with Crippen molar-refractivity contribution in [3.05, 3.63) is 29.3 Å². The van der Waals surface area contributed by atoms with Gasteiger partial charge in [0.05, 0.1) is 0 Å². The molecule has 0 atom stereocenters. The minimum Gasteiger partial charge on any atom is -0.363 e. The Morgan fingerprint density at radius 3 is 2.43 bits per heavy atom. The number of thiocarbonyl (C=S) groups is 1. The zero-order chi connectivity index (χ0) is 10.7. The van der Waals surface area contributed by atoms with Crippen LogP contribution in [0.2, 0.25) is 0 Å². The second-order valence-electron chi connectivity index (χ2n) is 3.53. The maximum Gasteiger partial charge on any atom is 0.140 e. The minimum absolute atomic E-state index is 0.900. The van der Waals surface area contributed by atoms with Gasteiger partial charge in [-0.2, -0.15) is 0 Å². The zero-order valence-electron chi connectivity index (χ0n) is 9.00. The molecule has 0 spiro atoms. The summed E-state index contributed by atoms with van der Waals surface area (Å²) in [7, 11) is 3.94. The molecular weight excluding hydrogens is 210 g/mol. The molecule has 0 aliphatic carbocycles. The lowest BCUT2D eigenvalue weighted by atomic mass is 10.2. The number of hydrogen-bond acceptors (Lipinski definition) is 2. The van der Waals surface area contributed by atoms with Gasteiger partial charge in [0, 0.05) is 19.0 Å². The molecule has 0 saturated heterocycles. The van der Waals surface area contributed by atoms with Gasteiger partial charge in [0.15, 0.2) is 0 Å². The van der Waals surface area contributed by atoms with Gasteiger partial charge < -0.3 is 4.90 Å². The van der Waals surface area contributed by atoms with Crippen molar-refractivity contribution in [2.24, 2.45) is 0 Å². The second kappa shape index (κ2) is 4.80. The molecule has 1 aromatic rings. The molecule has 0 aromatic heterocycles. The van der Waals surface area contributed by atoms with Crippen LogP contribution < -0.4 is 0 Å². The number of benzene rings is 1. The van der Waals surface area contributed by atoms with E-state index >= 15 is 0 Å². The molecule has 1 aromatic carbocycles. The molecule has 0 saturated carbocycles. The van der Waals surface area contributed by atoms with Gasteiger partial charge >= 0.3 is 0 Å². The van der Waals surface area contributed by atoms with Gasteiger partial charge in [-0.1, -0.05) is 41.7 Å². The van der Waals surface area contributed by atoms with Crippen molar-refractivity contribution in [2.75, 3.05) is 14.1 Å². The maximum atomic E-state index is 5.24. The van der Waals surface area contributed by atoms with Crippen molar-refractivity contribution < 1.29 is 0 Å². The first-order chi connectivity index (χ1) is 6.50. The van der Waals surface area contributed by atoms with Crippen LogP contribution in [-0.2, 0) is 0 Å². The van der Waals surface area contributed by atoms with Crippen LogP contribution in [0, 0.1) is 13.8 Å². The van der Waals surface area contributed by atoms with Crippen LogP contribution in [0.25, 0.3) is 0 Å². The predicted octanol–water partition coefficient (Wildman–Crippen LogP) is 3.24. The Bertz CT molecular complexity index is 345. The third kappa shape index (κ3) is 3.00. The maximum absolute atomic E-state index is 5.24. The Morgan fingerprint density at radius 2 is 1.93 bits per heavy atom. The van der Waals surface area contributed by atoms with Gasteiger partial charge in [-0.3, -0.25) is 0 Å². The van der Waals surface area contributed by atoms with E-state index in [0.29, 0.717) is 0 Å². The zero-order valence-corrected chi connectivity index (χ0v) is 10.6. The fraction of sp³-hybridized carbons (Fsp3) is 0.364. The van der Waals surface area contributed by atoms with Crippen LogP contribution in [0.15, 0.2) is 23.1 Å². The first-order valence-electron chi connectivity index (χ1n) is 4.47. The number of hydrogen-bond donors (Lipinski definition) is 0. The van der Waals surface area contributed by atoms with E-state index < -0.39 is 0 Å². The molecule has 0 aliphatic heterocycles. The van der Waals surface area contributed by atoms with Crippen LogP contribution >= 0.6 is 24.0 Å². The van der Waals surface area contributed by atoms with E-state index in [2.05, 4.69) is 32.0 Å². The highest BCUT2D eigenvalue weighted by Crippen LogP contribution is 2.25. The topological polar surface area (TPSA) is 3.24 Å². The van der Waals surface area contributed by atoms with Crippen LogP contribution in [0.1, 0.15) is 11.1 Å². The molecule has 0 aliphatic rings. The van der Waals surface area contributed by atoms with Crippen molar-refractivity contribution in [3.8, 4) is 0 Å². The van der Waals surface area contributed by atoms with Crippen molar-refractivity contribution in [3.63, 3.8) is 0 Å². The average Bonchev–Trinajstić information content (AvgIpc) is 2.09. The van der Waals surface area contributed by atoms with E-state index in [4.69, 9.17) is 12.2 Å². The Labute approximate surface area is 95.5 Å². The number of rotatable bonds is 1. The lowest BCUT2D eigenvalue weighted by Crippen LogP contribution is -2.15. The summed E-state index contributed by atoms with van der Waals surface area (Å²) in [5.74, 6) is 0. The molecule has 0 amide bonds. The van der Waals surface area contributed by atoms with E-state index in [0.717, 1.165) is 4.32 Å². The van der Waals surface area contributed by atoms with E-state index in [1.54, 1.807) is 11.8 Å². The SMILES string of the molecule is Cc1ccc(SC(=S)N(C)C)c(C)c1. The van der Waals surface area contributed by atoms with Gasteiger partial charge in [-0.15, -0.1) is 0 Å². The van der Waals surface area contributed by atoms with Crippen LogP contribution in [0.4, 0.5) is 0 Å². The smallest absolute Gasteiger partial charge is 0.140 e. The van der Waals surface area contributed by atoms with Crippen LogP contribution in [0.3, 0.4) is 0 Å². The highest BCUT2D eigenvalue weighted by molar-refractivity contribution is 8.23. The molecule has 1 nitrogen and oxygen atoms in total. The molecule has 0 fully saturated rings. The third-order valence-electron chi connectivity index (χ3n) is 1.89. The van der Waals surface area contributed by atoms with Crippen molar-refractivity contribution in [1.29, 1.82) is 0 Å². The average molecular weight is 225 g/mol. The van der Waals surface area contributed by atoms with Gasteiger partial charge in [0.25, 0.3) is 0 Å². The highest BCUT2D eigenvalue weighted by atomic mass is 32.2. The summed E-state index contributed by atoms with van der Waals surface area (Å²) in [6.45, 7) is 4.22. The monoisotopic (exact) mass is 225 g/mol. The van der Waals surface area contributed by atoms with E-state index in [1.807, 2.05) is 19.0 Å². The summed E-state index contributed by atoms with van der Waals surface area (Å²) in [4.78, 5) is 3.20. The lowest BCUT2D eigenvalue weighted by Gasteiger charge is -2.14. The van der Waals surface area contributed by atoms with E-state index in [9.17, 15) is 0 Å². The first kappa shape index (κ1) is 11.5. The van der Waals surface area contributed by atoms with Gasteiger partial charge in [-0.25, -0.2) is 0 Å². The molecule has 14 heavy (non-hydrogen) atoms. The van der Waals surface area contributed by atoms with Gasteiger partial charge in [-0.05, 0) is 25.5 Å². The fourth-order valence-electron chi connectivity index (χ4n) is 1.10. The summed E-state index contributed by atoms with van der Waals surface area (Å²) < 4.78 is 0.900. The molecule has 0 N–H and O–H groups in total. The molecule has 0 radical (unpaired) electrons. The Hall–Kier alpha value is -0.540. The van der Waals surface area contributed by atoms with Crippen LogP contribution in [-0.4, -0.2) is 23.3 Å². The summed E-state index contributed by atoms with van der Waals surface area (Å²) in [6.07, 6.45) is 0. The van der Waals surface area contributed by atoms with Crippen molar-refractivity contribution in [2.45, 2.75) is 18.7 Å². The van der Waals surface area contributed by atoms with Crippen LogP contribution in [0.5, 0.6) is 0 Å². The Balaban J connectivity index is 2.82. The second-order valence-corrected chi connectivity index (χ2v) is 5.21. The molecule has 3 heteroatoms.